The average molecular weight is 240 g/mol. The smallest absolute Gasteiger partial charge is 0.237 e. The lowest BCUT2D eigenvalue weighted by molar-refractivity contribution is -0.126. The van der Waals surface area contributed by atoms with Gasteiger partial charge in [-0.15, -0.1) is 0 Å². The van der Waals surface area contributed by atoms with Gasteiger partial charge >= 0.3 is 0 Å². The summed E-state index contributed by atoms with van der Waals surface area (Å²) in [7, 11) is 0. The van der Waals surface area contributed by atoms with E-state index in [0.717, 1.165) is 38.6 Å². The maximum atomic E-state index is 12.1. The van der Waals surface area contributed by atoms with Gasteiger partial charge in [-0.3, -0.25) is 4.79 Å². The van der Waals surface area contributed by atoms with Gasteiger partial charge in [0.15, 0.2) is 0 Å². The van der Waals surface area contributed by atoms with Gasteiger partial charge in [0.2, 0.25) is 5.91 Å². The first-order valence-electron chi connectivity index (χ1n) is 6.81. The molecule has 1 saturated carbocycles. The molecule has 2 aliphatic rings. The van der Waals surface area contributed by atoms with Crippen LogP contribution < -0.4 is 10.6 Å². The summed E-state index contributed by atoms with van der Waals surface area (Å²) >= 11 is 0. The standard InChI is InChI=1S/C13H24N2O2/c1-10-4-2-6-13(8-10,9-16)15-12(17)11-5-3-7-14-11/h10-11,14,16H,2-9H2,1H3,(H,15,17). The van der Waals surface area contributed by atoms with Crippen LogP contribution in [0.1, 0.15) is 45.4 Å². The molecule has 0 bridgehead atoms. The van der Waals surface area contributed by atoms with Crippen LogP contribution in [-0.4, -0.2) is 35.7 Å². The molecule has 0 aromatic rings. The van der Waals surface area contributed by atoms with Crippen molar-refractivity contribution in [3.05, 3.63) is 0 Å². The van der Waals surface area contributed by atoms with Crippen molar-refractivity contribution in [2.24, 2.45) is 5.92 Å². The third-order valence-corrected chi connectivity index (χ3v) is 4.16. The minimum absolute atomic E-state index is 0.0457. The summed E-state index contributed by atoms with van der Waals surface area (Å²) in [5.41, 5.74) is -0.362. The van der Waals surface area contributed by atoms with Crippen LogP contribution in [0.2, 0.25) is 0 Å². The molecule has 98 valence electrons. The van der Waals surface area contributed by atoms with Gasteiger partial charge in [0.25, 0.3) is 0 Å². The number of hydrogen-bond acceptors (Lipinski definition) is 3. The van der Waals surface area contributed by atoms with E-state index >= 15 is 0 Å². The summed E-state index contributed by atoms with van der Waals surface area (Å²) in [5.74, 6) is 0.665. The van der Waals surface area contributed by atoms with Crippen LogP contribution in [0.4, 0.5) is 0 Å². The summed E-state index contributed by atoms with van der Waals surface area (Å²) in [6.45, 7) is 3.19. The molecule has 3 unspecified atom stereocenters. The van der Waals surface area contributed by atoms with Crippen molar-refractivity contribution < 1.29 is 9.90 Å². The maximum Gasteiger partial charge on any atom is 0.237 e. The predicted octanol–water partition coefficient (Wildman–Crippen LogP) is 0.796. The van der Waals surface area contributed by atoms with E-state index < -0.39 is 0 Å². The molecule has 2 fully saturated rings. The number of rotatable bonds is 3. The molecule has 1 saturated heterocycles. The zero-order valence-corrected chi connectivity index (χ0v) is 10.7. The second-order valence-corrected chi connectivity index (χ2v) is 5.78. The second kappa shape index (κ2) is 5.36. The highest BCUT2D eigenvalue weighted by atomic mass is 16.3. The summed E-state index contributed by atoms with van der Waals surface area (Å²) in [6, 6.07) is -0.0457. The number of hydrogen-bond donors (Lipinski definition) is 3. The van der Waals surface area contributed by atoms with Crippen molar-refractivity contribution in [2.75, 3.05) is 13.2 Å². The summed E-state index contributed by atoms with van der Waals surface area (Å²) < 4.78 is 0. The van der Waals surface area contributed by atoms with E-state index in [1.165, 1.54) is 6.42 Å². The quantitative estimate of drug-likeness (QED) is 0.683. The number of nitrogens with one attached hydrogen (secondary N) is 2. The Balaban J connectivity index is 1.95. The van der Waals surface area contributed by atoms with Gasteiger partial charge in [-0.1, -0.05) is 19.8 Å². The van der Waals surface area contributed by atoms with Crippen LogP contribution in [0.15, 0.2) is 0 Å². The lowest BCUT2D eigenvalue weighted by Gasteiger charge is -2.40. The van der Waals surface area contributed by atoms with Gasteiger partial charge in [0.1, 0.15) is 0 Å². The van der Waals surface area contributed by atoms with E-state index in [-0.39, 0.29) is 24.1 Å². The van der Waals surface area contributed by atoms with Crippen molar-refractivity contribution in [1.82, 2.24) is 10.6 Å². The van der Waals surface area contributed by atoms with Crippen molar-refractivity contribution in [3.8, 4) is 0 Å². The molecule has 0 aromatic heterocycles. The van der Waals surface area contributed by atoms with E-state index in [1.807, 2.05) is 0 Å². The van der Waals surface area contributed by atoms with Gasteiger partial charge < -0.3 is 15.7 Å². The summed E-state index contributed by atoms with van der Waals surface area (Å²) in [5, 5.41) is 15.9. The number of aliphatic hydroxyl groups excluding tert-OH is 1. The monoisotopic (exact) mass is 240 g/mol. The number of aliphatic hydroxyl groups is 1. The van der Waals surface area contributed by atoms with E-state index in [1.54, 1.807) is 0 Å². The SMILES string of the molecule is CC1CCCC(CO)(NC(=O)C2CCCN2)C1. The molecule has 0 spiro atoms. The van der Waals surface area contributed by atoms with Crippen LogP contribution >= 0.6 is 0 Å². The Bertz CT molecular complexity index is 277. The average Bonchev–Trinajstić information content (AvgIpc) is 2.82. The normalized spacial score (nSPS) is 38.0. The van der Waals surface area contributed by atoms with Crippen LogP contribution in [0.3, 0.4) is 0 Å². The molecule has 1 heterocycles. The van der Waals surface area contributed by atoms with Crippen LogP contribution in [0.5, 0.6) is 0 Å². The van der Waals surface area contributed by atoms with E-state index in [0.29, 0.717) is 5.92 Å². The largest absolute Gasteiger partial charge is 0.394 e. The molecule has 0 aromatic carbocycles. The first-order valence-corrected chi connectivity index (χ1v) is 6.81. The number of carbonyl (C=O) groups is 1. The summed E-state index contributed by atoms with van der Waals surface area (Å²) in [6.07, 6.45) is 6.11. The molecule has 17 heavy (non-hydrogen) atoms. The molecule has 4 heteroatoms. The zero-order chi connectivity index (χ0) is 12.3. The molecule has 1 aliphatic carbocycles. The molecular formula is C13H24N2O2. The van der Waals surface area contributed by atoms with Crippen molar-refractivity contribution >= 4 is 5.91 Å². The molecule has 3 N–H and O–H groups in total. The van der Waals surface area contributed by atoms with Gasteiger partial charge in [0.05, 0.1) is 18.2 Å². The Morgan fingerprint density at radius 3 is 2.88 bits per heavy atom. The van der Waals surface area contributed by atoms with Crippen LogP contribution in [-0.2, 0) is 4.79 Å². The lowest BCUT2D eigenvalue weighted by Crippen LogP contribution is -2.57. The highest BCUT2D eigenvalue weighted by Crippen LogP contribution is 2.32. The third-order valence-electron chi connectivity index (χ3n) is 4.16. The van der Waals surface area contributed by atoms with Crippen molar-refractivity contribution in [2.45, 2.75) is 57.0 Å². The molecule has 1 amide bonds. The number of amides is 1. The number of carbonyl (C=O) groups excluding carboxylic acids is 1. The molecule has 3 atom stereocenters. The second-order valence-electron chi connectivity index (χ2n) is 5.78. The predicted molar refractivity (Wildman–Crippen MR) is 66.6 cm³/mol. The zero-order valence-electron chi connectivity index (χ0n) is 10.7. The minimum atomic E-state index is -0.362. The fourth-order valence-corrected chi connectivity index (χ4v) is 3.21. The molecule has 1 aliphatic heterocycles. The highest BCUT2D eigenvalue weighted by molar-refractivity contribution is 5.82. The van der Waals surface area contributed by atoms with Gasteiger partial charge in [-0.2, -0.15) is 0 Å². The Hall–Kier alpha value is -0.610. The Morgan fingerprint density at radius 2 is 2.29 bits per heavy atom. The van der Waals surface area contributed by atoms with Crippen molar-refractivity contribution in [1.29, 1.82) is 0 Å². The first kappa shape index (κ1) is 12.8. The fraction of sp³-hybridized carbons (Fsp3) is 0.923. The third kappa shape index (κ3) is 2.99. The van der Waals surface area contributed by atoms with Crippen LogP contribution in [0.25, 0.3) is 0 Å². The Kier molecular flexibility index (Phi) is 4.05. The highest BCUT2D eigenvalue weighted by Gasteiger charge is 2.37. The fourth-order valence-electron chi connectivity index (χ4n) is 3.21. The first-order chi connectivity index (χ1) is 8.15. The maximum absolute atomic E-state index is 12.1. The molecule has 2 rings (SSSR count). The Labute approximate surface area is 103 Å². The van der Waals surface area contributed by atoms with E-state index in [2.05, 4.69) is 17.6 Å². The van der Waals surface area contributed by atoms with Crippen molar-refractivity contribution in [3.63, 3.8) is 0 Å². The molecular weight excluding hydrogens is 216 g/mol. The van der Waals surface area contributed by atoms with E-state index in [4.69, 9.17) is 0 Å². The van der Waals surface area contributed by atoms with Gasteiger partial charge in [-0.25, -0.2) is 0 Å². The van der Waals surface area contributed by atoms with Crippen LogP contribution in [0, 0.1) is 5.92 Å². The van der Waals surface area contributed by atoms with Gasteiger partial charge in [-0.05, 0) is 38.1 Å². The van der Waals surface area contributed by atoms with E-state index in [9.17, 15) is 9.90 Å². The topological polar surface area (TPSA) is 61.4 Å². The summed E-state index contributed by atoms with van der Waals surface area (Å²) in [4.78, 5) is 12.1. The molecule has 0 radical (unpaired) electrons. The minimum Gasteiger partial charge on any atom is -0.394 e. The Morgan fingerprint density at radius 1 is 1.47 bits per heavy atom. The lowest BCUT2D eigenvalue weighted by atomic mass is 9.76. The molecule has 4 nitrogen and oxygen atoms in total. The van der Waals surface area contributed by atoms with Gasteiger partial charge in [0, 0.05) is 0 Å².